The normalized spacial score (nSPS) is 12.8. The molecule has 0 amide bonds. The third kappa shape index (κ3) is 2.62. The molecular weight excluding hydrogens is 192 g/mol. The highest BCUT2D eigenvalue weighted by atomic mass is 16.5. The van der Waals surface area contributed by atoms with Gasteiger partial charge in [0.2, 0.25) is 0 Å². The van der Waals surface area contributed by atoms with Crippen LogP contribution in [0.4, 0.5) is 11.5 Å². The van der Waals surface area contributed by atoms with E-state index in [4.69, 9.17) is 10.5 Å². The van der Waals surface area contributed by atoms with Gasteiger partial charge in [-0.1, -0.05) is 0 Å². The van der Waals surface area contributed by atoms with Gasteiger partial charge in [0.1, 0.15) is 5.82 Å². The summed E-state index contributed by atoms with van der Waals surface area (Å²) in [7, 11) is 1.69. The summed E-state index contributed by atoms with van der Waals surface area (Å²) >= 11 is 0. The van der Waals surface area contributed by atoms with Crippen LogP contribution >= 0.6 is 0 Å². The van der Waals surface area contributed by atoms with Crippen molar-refractivity contribution in [1.29, 1.82) is 0 Å². The van der Waals surface area contributed by atoms with Crippen LogP contribution in [0.25, 0.3) is 0 Å². The van der Waals surface area contributed by atoms with Gasteiger partial charge in [-0.05, 0) is 20.8 Å². The molecule has 0 aliphatic carbocycles. The molecule has 1 unspecified atom stereocenters. The van der Waals surface area contributed by atoms with Crippen molar-refractivity contribution < 1.29 is 4.74 Å². The van der Waals surface area contributed by atoms with Crippen molar-refractivity contribution in [3.8, 4) is 0 Å². The standard InChI is InChI=1S/C10H20N4O/c1-5-14-10(9(11)8(3)13-14)12-6-7(2)15-4/h7,12H,5-6,11H2,1-4H3. The number of nitrogens with two attached hydrogens (primary N) is 1. The number of ether oxygens (including phenoxy) is 1. The van der Waals surface area contributed by atoms with Gasteiger partial charge in [0.05, 0.1) is 17.5 Å². The van der Waals surface area contributed by atoms with Gasteiger partial charge in [-0.25, -0.2) is 4.68 Å². The first-order valence-electron chi connectivity index (χ1n) is 5.19. The fraction of sp³-hybridized carbons (Fsp3) is 0.700. The van der Waals surface area contributed by atoms with Crippen LogP contribution in [0, 0.1) is 6.92 Å². The van der Waals surface area contributed by atoms with Gasteiger partial charge in [0.15, 0.2) is 0 Å². The van der Waals surface area contributed by atoms with E-state index in [1.165, 1.54) is 0 Å². The summed E-state index contributed by atoms with van der Waals surface area (Å²) in [5.41, 5.74) is 7.51. The van der Waals surface area contributed by atoms with Crippen LogP contribution < -0.4 is 11.1 Å². The van der Waals surface area contributed by atoms with E-state index in [2.05, 4.69) is 10.4 Å². The lowest BCUT2D eigenvalue weighted by molar-refractivity contribution is 0.128. The maximum absolute atomic E-state index is 5.92. The van der Waals surface area contributed by atoms with E-state index >= 15 is 0 Å². The molecule has 15 heavy (non-hydrogen) atoms. The van der Waals surface area contributed by atoms with Crippen molar-refractivity contribution in [3.63, 3.8) is 0 Å². The minimum atomic E-state index is 0.157. The molecule has 1 rings (SSSR count). The Labute approximate surface area is 90.6 Å². The predicted molar refractivity (Wildman–Crippen MR) is 62.0 cm³/mol. The Morgan fingerprint density at radius 3 is 2.80 bits per heavy atom. The molecule has 0 aliphatic rings. The monoisotopic (exact) mass is 212 g/mol. The smallest absolute Gasteiger partial charge is 0.148 e. The lowest BCUT2D eigenvalue weighted by atomic mass is 10.3. The van der Waals surface area contributed by atoms with E-state index in [0.29, 0.717) is 0 Å². The maximum Gasteiger partial charge on any atom is 0.148 e. The van der Waals surface area contributed by atoms with Gasteiger partial charge >= 0.3 is 0 Å². The van der Waals surface area contributed by atoms with E-state index in [1.807, 2.05) is 25.5 Å². The zero-order valence-corrected chi connectivity index (χ0v) is 9.87. The Kier molecular flexibility index (Phi) is 3.96. The maximum atomic E-state index is 5.92. The van der Waals surface area contributed by atoms with Crippen LogP contribution in [0.1, 0.15) is 19.5 Å². The average Bonchev–Trinajstić information content (AvgIpc) is 2.52. The number of nitrogens with one attached hydrogen (secondary N) is 1. The summed E-state index contributed by atoms with van der Waals surface area (Å²) in [6.07, 6.45) is 0.157. The SMILES string of the molecule is CCn1nc(C)c(N)c1NCC(C)OC. The summed E-state index contributed by atoms with van der Waals surface area (Å²) < 4.78 is 7.03. The molecule has 0 saturated carbocycles. The molecule has 1 atom stereocenters. The van der Waals surface area contributed by atoms with Crippen molar-refractivity contribution in [2.24, 2.45) is 0 Å². The molecule has 86 valence electrons. The van der Waals surface area contributed by atoms with E-state index in [0.717, 1.165) is 30.3 Å². The van der Waals surface area contributed by atoms with Crippen molar-refractivity contribution in [3.05, 3.63) is 5.69 Å². The van der Waals surface area contributed by atoms with Gasteiger partial charge in [0, 0.05) is 20.2 Å². The number of nitrogens with zero attached hydrogens (tertiary/aromatic N) is 2. The van der Waals surface area contributed by atoms with E-state index < -0.39 is 0 Å². The number of aryl methyl sites for hydroxylation is 2. The molecule has 1 aromatic rings. The van der Waals surface area contributed by atoms with Crippen molar-refractivity contribution in [2.45, 2.75) is 33.4 Å². The van der Waals surface area contributed by atoms with Crippen LogP contribution in [0.5, 0.6) is 0 Å². The summed E-state index contributed by atoms with van der Waals surface area (Å²) in [4.78, 5) is 0. The molecule has 3 N–H and O–H groups in total. The summed E-state index contributed by atoms with van der Waals surface area (Å²) in [5, 5.41) is 7.58. The summed E-state index contributed by atoms with van der Waals surface area (Å²) in [6, 6.07) is 0. The topological polar surface area (TPSA) is 65.1 Å². The van der Waals surface area contributed by atoms with Crippen molar-refractivity contribution in [2.75, 3.05) is 24.7 Å². The lowest BCUT2D eigenvalue weighted by Gasteiger charge is -2.13. The van der Waals surface area contributed by atoms with Crippen LogP contribution in [0.3, 0.4) is 0 Å². The molecular formula is C10H20N4O. The minimum absolute atomic E-state index is 0.157. The number of methoxy groups -OCH3 is 1. The average molecular weight is 212 g/mol. The highest BCUT2D eigenvalue weighted by molar-refractivity contribution is 5.64. The molecule has 0 aliphatic heterocycles. The third-order valence-electron chi connectivity index (χ3n) is 2.43. The highest BCUT2D eigenvalue weighted by Crippen LogP contribution is 2.21. The molecule has 0 aromatic carbocycles. The molecule has 5 nitrogen and oxygen atoms in total. The Balaban J connectivity index is 2.74. The lowest BCUT2D eigenvalue weighted by Crippen LogP contribution is -2.20. The van der Waals surface area contributed by atoms with Gasteiger partial charge in [-0.2, -0.15) is 5.10 Å². The Bertz CT molecular complexity index is 321. The number of hydrogen-bond acceptors (Lipinski definition) is 4. The Morgan fingerprint density at radius 2 is 2.27 bits per heavy atom. The second-order valence-corrected chi connectivity index (χ2v) is 3.59. The van der Waals surface area contributed by atoms with E-state index in [-0.39, 0.29) is 6.10 Å². The van der Waals surface area contributed by atoms with Crippen LogP contribution in [0.2, 0.25) is 0 Å². The van der Waals surface area contributed by atoms with Gasteiger partial charge < -0.3 is 15.8 Å². The zero-order valence-electron chi connectivity index (χ0n) is 9.87. The number of hydrogen-bond donors (Lipinski definition) is 2. The molecule has 0 bridgehead atoms. The molecule has 0 radical (unpaired) electrons. The number of aromatic nitrogens is 2. The third-order valence-corrected chi connectivity index (χ3v) is 2.43. The quantitative estimate of drug-likeness (QED) is 0.770. The minimum Gasteiger partial charge on any atom is -0.394 e. The van der Waals surface area contributed by atoms with Gasteiger partial charge in [0.25, 0.3) is 0 Å². The van der Waals surface area contributed by atoms with Crippen molar-refractivity contribution >= 4 is 11.5 Å². The van der Waals surface area contributed by atoms with Crippen molar-refractivity contribution in [1.82, 2.24) is 9.78 Å². The van der Waals surface area contributed by atoms with E-state index in [9.17, 15) is 0 Å². The predicted octanol–water partition coefficient (Wildman–Crippen LogP) is 1.24. The molecule has 1 aromatic heterocycles. The molecule has 5 heteroatoms. The largest absolute Gasteiger partial charge is 0.394 e. The Hall–Kier alpha value is -1.23. The van der Waals surface area contributed by atoms with Crippen LogP contribution in [-0.2, 0) is 11.3 Å². The van der Waals surface area contributed by atoms with Gasteiger partial charge in [-0.15, -0.1) is 0 Å². The van der Waals surface area contributed by atoms with Crippen LogP contribution in [0.15, 0.2) is 0 Å². The first-order valence-corrected chi connectivity index (χ1v) is 5.19. The Morgan fingerprint density at radius 1 is 1.60 bits per heavy atom. The number of rotatable bonds is 5. The molecule has 0 saturated heterocycles. The molecule has 1 heterocycles. The second kappa shape index (κ2) is 5.02. The van der Waals surface area contributed by atoms with Crippen LogP contribution in [-0.4, -0.2) is 29.5 Å². The first-order chi connectivity index (χ1) is 7.10. The highest BCUT2D eigenvalue weighted by Gasteiger charge is 2.11. The summed E-state index contributed by atoms with van der Waals surface area (Å²) in [6.45, 7) is 7.49. The fourth-order valence-electron chi connectivity index (χ4n) is 1.33. The van der Waals surface area contributed by atoms with Gasteiger partial charge in [-0.3, -0.25) is 0 Å². The molecule has 0 fully saturated rings. The molecule has 0 spiro atoms. The fourth-order valence-corrected chi connectivity index (χ4v) is 1.33. The second-order valence-electron chi connectivity index (χ2n) is 3.59. The number of anilines is 2. The first kappa shape index (κ1) is 11.8. The number of nitrogen functional groups attached to an aromatic ring is 1. The summed E-state index contributed by atoms with van der Waals surface area (Å²) in [5.74, 6) is 0.888. The zero-order chi connectivity index (χ0) is 11.4. The van der Waals surface area contributed by atoms with E-state index in [1.54, 1.807) is 7.11 Å².